The molecule has 28 heavy (non-hydrogen) atoms. The first kappa shape index (κ1) is 19.7. The van der Waals surface area contributed by atoms with Crippen LogP contribution in [0.1, 0.15) is 66.2 Å². The molecule has 154 valence electrons. The highest BCUT2D eigenvalue weighted by molar-refractivity contribution is 5.83. The third-order valence-corrected chi connectivity index (χ3v) is 8.49. The highest BCUT2D eigenvalue weighted by Gasteiger charge is 2.63. The molecule has 4 rings (SSSR count). The molecule has 0 bridgehead atoms. The Morgan fingerprint density at radius 1 is 1.04 bits per heavy atom. The predicted octanol–water partition coefficient (Wildman–Crippen LogP) is 3.85. The van der Waals surface area contributed by atoms with Crippen molar-refractivity contribution in [1.29, 1.82) is 0 Å². The van der Waals surface area contributed by atoms with Crippen LogP contribution in [0.4, 0.5) is 0 Å². The lowest BCUT2D eigenvalue weighted by Crippen LogP contribution is -2.56. The number of allylic oxidation sites excluding steroid dienone is 1. The highest BCUT2D eigenvalue weighted by Crippen LogP contribution is 2.64. The third kappa shape index (κ3) is 2.93. The summed E-state index contributed by atoms with van der Waals surface area (Å²) in [6.45, 7) is 7.43. The topological polar surface area (TPSA) is 69.7 Å². The van der Waals surface area contributed by atoms with Gasteiger partial charge in [-0.15, -0.1) is 0 Å². The minimum Gasteiger partial charge on any atom is -0.462 e. The zero-order chi connectivity index (χ0) is 20.3. The summed E-state index contributed by atoms with van der Waals surface area (Å²) in [7, 11) is 0. The molecule has 0 aromatic rings. The smallest absolute Gasteiger partial charge is 0.303 e. The van der Waals surface area contributed by atoms with Crippen LogP contribution in [-0.4, -0.2) is 29.9 Å². The summed E-state index contributed by atoms with van der Waals surface area (Å²) in [6.07, 6.45) is 9.09. The molecule has 3 saturated carbocycles. The second-order valence-corrected chi connectivity index (χ2v) is 9.93. The number of rotatable bonds is 2. The van der Waals surface area contributed by atoms with Gasteiger partial charge in [0.15, 0.2) is 0 Å². The van der Waals surface area contributed by atoms with Crippen LogP contribution in [0, 0.1) is 34.5 Å². The molecular weight excluding hydrogens is 356 g/mol. The second-order valence-electron chi connectivity index (χ2n) is 9.93. The van der Waals surface area contributed by atoms with Gasteiger partial charge in [0.2, 0.25) is 0 Å². The number of ketones is 1. The average Bonchev–Trinajstić information content (AvgIpc) is 2.92. The number of fused-ring (bicyclic) bond motifs is 5. The number of hydrogen-bond donors (Lipinski definition) is 0. The van der Waals surface area contributed by atoms with E-state index in [4.69, 9.17) is 9.47 Å². The van der Waals surface area contributed by atoms with Crippen molar-refractivity contribution in [2.24, 2.45) is 34.5 Å². The largest absolute Gasteiger partial charge is 0.462 e. The van der Waals surface area contributed by atoms with Crippen LogP contribution in [0.5, 0.6) is 0 Å². The molecule has 4 aliphatic carbocycles. The monoisotopic (exact) mass is 388 g/mol. The van der Waals surface area contributed by atoms with Gasteiger partial charge in [0.1, 0.15) is 18.0 Å². The van der Waals surface area contributed by atoms with Crippen LogP contribution >= 0.6 is 0 Å². The molecule has 5 nitrogen and oxygen atoms in total. The number of Topliss-reactive ketones (excluding diaryl/α,β-unsaturated/α-hetero) is 1. The summed E-state index contributed by atoms with van der Waals surface area (Å²) in [5.74, 6) is 0.768. The van der Waals surface area contributed by atoms with Crippen molar-refractivity contribution in [2.45, 2.75) is 78.4 Å². The minimum atomic E-state index is -0.269. The van der Waals surface area contributed by atoms with Gasteiger partial charge in [-0.3, -0.25) is 14.4 Å². The van der Waals surface area contributed by atoms with E-state index in [0.29, 0.717) is 24.0 Å². The summed E-state index contributed by atoms with van der Waals surface area (Å²) in [4.78, 5) is 36.3. The Kier molecular flexibility index (Phi) is 4.71. The van der Waals surface area contributed by atoms with Crippen molar-refractivity contribution < 1.29 is 23.9 Å². The predicted molar refractivity (Wildman–Crippen MR) is 103 cm³/mol. The maximum absolute atomic E-state index is 13.3. The first-order valence-corrected chi connectivity index (χ1v) is 10.7. The number of esters is 2. The third-order valence-electron chi connectivity index (χ3n) is 8.49. The number of carbonyl (C=O) groups excluding carboxylic acids is 3. The Labute approximate surface area is 167 Å². The molecule has 8 atom stereocenters. The van der Waals surface area contributed by atoms with E-state index in [9.17, 15) is 14.4 Å². The Bertz CT molecular complexity index is 727. The van der Waals surface area contributed by atoms with Gasteiger partial charge in [0, 0.05) is 31.6 Å². The van der Waals surface area contributed by atoms with Gasteiger partial charge in [-0.1, -0.05) is 19.9 Å². The molecule has 0 radical (unpaired) electrons. The van der Waals surface area contributed by atoms with Gasteiger partial charge in [0.25, 0.3) is 0 Å². The van der Waals surface area contributed by atoms with Crippen molar-refractivity contribution in [3.63, 3.8) is 0 Å². The van der Waals surface area contributed by atoms with E-state index >= 15 is 0 Å². The van der Waals surface area contributed by atoms with Gasteiger partial charge in [-0.05, 0) is 61.3 Å². The summed E-state index contributed by atoms with van der Waals surface area (Å²) < 4.78 is 11.1. The molecule has 3 fully saturated rings. The van der Waals surface area contributed by atoms with E-state index in [-0.39, 0.29) is 46.8 Å². The maximum atomic E-state index is 13.3. The minimum absolute atomic E-state index is 0.0317. The number of carbonyl (C=O) groups is 3. The van der Waals surface area contributed by atoms with E-state index in [1.807, 2.05) is 6.08 Å². The Morgan fingerprint density at radius 3 is 2.43 bits per heavy atom. The molecular formula is C23H32O5. The van der Waals surface area contributed by atoms with Crippen molar-refractivity contribution in [3.05, 3.63) is 12.2 Å². The SMILES string of the molecule is CC(=O)OC1C=C[C@@]2(C)C(CC(=O)[C@@H]3[C@H]2CC[C@]2(C)C(OC(C)=O)CC[C@@H]32)C1. The summed E-state index contributed by atoms with van der Waals surface area (Å²) in [5, 5.41) is 0. The molecule has 0 aromatic carbocycles. The molecule has 0 aliphatic heterocycles. The Morgan fingerprint density at radius 2 is 1.75 bits per heavy atom. The average molecular weight is 389 g/mol. The molecule has 3 unspecified atom stereocenters. The molecule has 0 spiro atoms. The zero-order valence-corrected chi connectivity index (χ0v) is 17.4. The lowest BCUT2D eigenvalue weighted by molar-refractivity contribution is -0.163. The molecule has 0 aromatic heterocycles. The summed E-state index contributed by atoms with van der Waals surface area (Å²) in [6, 6.07) is 0. The maximum Gasteiger partial charge on any atom is 0.303 e. The van der Waals surface area contributed by atoms with Crippen LogP contribution in [0.3, 0.4) is 0 Å². The second kappa shape index (κ2) is 6.70. The lowest BCUT2D eigenvalue weighted by Gasteiger charge is -2.58. The van der Waals surface area contributed by atoms with E-state index < -0.39 is 0 Å². The van der Waals surface area contributed by atoms with Gasteiger partial charge in [-0.25, -0.2) is 0 Å². The number of hydrogen-bond acceptors (Lipinski definition) is 5. The fourth-order valence-electron chi connectivity index (χ4n) is 7.11. The highest BCUT2D eigenvalue weighted by atomic mass is 16.5. The zero-order valence-electron chi connectivity index (χ0n) is 17.4. The van der Waals surface area contributed by atoms with E-state index in [1.54, 1.807) is 0 Å². The van der Waals surface area contributed by atoms with Crippen LogP contribution in [0.15, 0.2) is 12.2 Å². The fourth-order valence-corrected chi connectivity index (χ4v) is 7.11. The van der Waals surface area contributed by atoms with Crippen molar-refractivity contribution >= 4 is 17.7 Å². The molecule has 0 heterocycles. The normalized spacial score (nSPS) is 46.9. The van der Waals surface area contributed by atoms with Gasteiger partial charge in [0.05, 0.1) is 0 Å². The first-order chi connectivity index (χ1) is 13.1. The van der Waals surface area contributed by atoms with Gasteiger partial charge >= 0.3 is 11.9 Å². The van der Waals surface area contributed by atoms with Crippen molar-refractivity contribution in [2.75, 3.05) is 0 Å². The van der Waals surface area contributed by atoms with Crippen LogP contribution < -0.4 is 0 Å². The summed E-state index contributed by atoms with van der Waals surface area (Å²) in [5.41, 5.74) is -0.125. The Balaban J connectivity index is 1.61. The van der Waals surface area contributed by atoms with Crippen molar-refractivity contribution in [3.8, 4) is 0 Å². The van der Waals surface area contributed by atoms with Crippen molar-refractivity contribution in [1.82, 2.24) is 0 Å². The number of ether oxygens (including phenoxy) is 2. The van der Waals surface area contributed by atoms with Crippen LogP contribution in [0.25, 0.3) is 0 Å². The van der Waals surface area contributed by atoms with E-state index in [1.165, 1.54) is 13.8 Å². The molecule has 0 N–H and O–H groups in total. The van der Waals surface area contributed by atoms with Crippen LogP contribution in [0.2, 0.25) is 0 Å². The first-order valence-electron chi connectivity index (χ1n) is 10.7. The summed E-state index contributed by atoms with van der Waals surface area (Å²) >= 11 is 0. The molecule has 0 saturated heterocycles. The lowest BCUT2D eigenvalue weighted by atomic mass is 9.46. The molecule has 0 amide bonds. The standard InChI is InChI=1S/C23H32O5/c1-13(24)27-16-7-9-22(3)15(11-16)12-19(26)21-17-5-6-20(28-14(2)25)23(17,4)10-8-18(21)22/h7,9,15-18,20-21H,5-6,8,10-12H2,1-4H3/t15?,16?,17-,18+,20?,21-,22-,23-/m0/s1. The van der Waals surface area contributed by atoms with Gasteiger partial charge < -0.3 is 9.47 Å². The molecule has 5 heteroatoms. The van der Waals surface area contributed by atoms with E-state index in [0.717, 1.165) is 32.1 Å². The quantitative estimate of drug-likeness (QED) is 0.531. The van der Waals surface area contributed by atoms with E-state index in [2.05, 4.69) is 19.9 Å². The van der Waals surface area contributed by atoms with Crippen LogP contribution in [-0.2, 0) is 23.9 Å². The fraction of sp³-hybridized carbons (Fsp3) is 0.783. The van der Waals surface area contributed by atoms with Gasteiger partial charge in [-0.2, -0.15) is 0 Å². The molecule has 4 aliphatic rings. The Hall–Kier alpha value is -1.65.